The summed E-state index contributed by atoms with van der Waals surface area (Å²) in [5.74, 6) is -0.782. The van der Waals surface area contributed by atoms with Gasteiger partial charge in [0.1, 0.15) is 6.04 Å². The largest absolute Gasteiger partial charge is 0.464 e. The summed E-state index contributed by atoms with van der Waals surface area (Å²) in [7, 11) is 0. The molecule has 0 aliphatic carbocycles. The van der Waals surface area contributed by atoms with Crippen molar-refractivity contribution in [2.24, 2.45) is 11.7 Å². The highest BCUT2D eigenvalue weighted by molar-refractivity contribution is 5.87. The maximum absolute atomic E-state index is 11.5. The Kier molecular flexibility index (Phi) is 5.93. The van der Waals surface area contributed by atoms with Crippen LogP contribution in [0.5, 0.6) is 0 Å². The highest BCUT2D eigenvalue weighted by Crippen LogP contribution is 2.04. The fourth-order valence-electron chi connectivity index (χ4n) is 1.01. The first-order chi connectivity index (χ1) is 6.90. The van der Waals surface area contributed by atoms with E-state index in [0.29, 0.717) is 6.61 Å². The fourth-order valence-corrected chi connectivity index (χ4v) is 1.01. The molecule has 88 valence electrons. The Bertz CT molecular complexity index is 227. The Balaban J connectivity index is 4.41. The molecule has 0 aromatic rings. The zero-order chi connectivity index (χ0) is 12.0. The number of ether oxygens (including phenoxy) is 1. The quantitative estimate of drug-likeness (QED) is 0.636. The Labute approximate surface area is 90.4 Å². The van der Waals surface area contributed by atoms with Crippen LogP contribution >= 0.6 is 0 Å². The predicted octanol–water partition coefficient (Wildman–Crippen LogP) is 0.0375. The van der Waals surface area contributed by atoms with E-state index in [4.69, 9.17) is 10.5 Å². The molecular formula is C10H20N2O3. The van der Waals surface area contributed by atoms with Crippen molar-refractivity contribution in [3.8, 4) is 0 Å². The molecule has 0 rings (SSSR count). The molecule has 0 saturated heterocycles. The van der Waals surface area contributed by atoms with E-state index < -0.39 is 18.1 Å². The van der Waals surface area contributed by atoms with Crippen LogP contribution in [0.3, 0.4) is 0 Å². The van der Waals surface area contributed by atoms with Gasteiger partial charge < -0.3 is 15.8 Å². The van der Waals surface area contributed by atoms with Gasteiger partial charge in [0.25, 0.3) is 0 Å². The summed E-state index contributed by atoms with van der Waals surface area (Å²) in [6.45, 7) is 7.27. The summed E-state index contributed by atoms with van der Waals surface area (Å²) in [5, 5.41) is 2.56. The lowest BCUT2D eigenvalue weighted by Gasteiger charge is -2.21. The molecule has 0 bridgehead atoms. The molecule has 5 heteroatoms. The van der Waals surface area contributed by atoms with Crippen LogP contribution in [0.25, 0.3) is 0 Å². The molecule has 0 fully saturated rings. The number of esters is 1. The molecule has 0 heterocycles. The minimum Gasteiger partial charge on any atom is -0.464 e. The number of amides is 1. The molecule has 0 aromatic carbocycles. The number of carbonyl (C=O) groups excluding carboxylic acids is 2. The normalized spacial score (nSPS) is 14.5. The highest BCUT2D eigenvalue weighted by Gasteiger charge is 2.26. The lowest BCUT2D eigenvalue weighted by molar-refractivity contribution is -0.148. The van der Waals surface area contributed by atoms with Crippen molar-refractivity contribution in [2.45, 2.75) is 39.8 Å². The summed E-state index contributed by atoms with van der Waals surface area (Å²) in [5.41, 5.74) is 5.39. The third-order valence-electron chi connectivity index (χ3n) is 1.92. The van der Waals surface area contributed by atoms with Crippen LogP contribution in [-0.2, 0) is 14.3 Å². The Morgan fingerprint density at radius 1 is 1.33 bits per heavy atom. The van der Waals surface area contributed by atoms with Crippen molar-refractivity contribution in [1.29, 1.82) is 0 Å². The number of nitrogens with one attached hydrogen (secondary N) is 1. The van der Waals surface area contributed by atoms with Crippen LogP contribution in [0, 0.1) is 5.92 Å². The van der Waals surface area contributed by atoms with Gasteiger partial charge in [-0.05, 0) is 19.8 Å². The van der Waals surface area contributed by atoms with E-state index in [1.807, 2.05) is 13.8 Å². The number of hydrogen-bond acceptors (Lipinski definition) is 4. The number of hydrogen-bond donors (Lipinski definition) is 2. The Morgan fingerprint density at radius 3 is 2.20 bits per heavy atom. The molecule has 3 N–H and O–H groups in total. The van der Waals surface area contributed by atoms with Gasteiger partial charge in [-0.2, -0.15) is 0 Å². The number of carbonyl (C=O) groups is 2. The average molecular weight is 216 g/mol. The number of nitrogens with two attached hydrogens (primary N) is 1. The van der Waals surface area contributed by atoms with E-state index in [1.165, 1.54) is 0 Å². The second-order valence-corrected chi connectivity index (χ2v) is 3.77. The van der Waals surface area contributed by atoms with E-state index in [2.05, 4.69) is 5.32 Å². The van der Waals surface area contributed by atoms with Crippen molar-refractivity contribution >= 4 is 11.9 Å². The molecule has 0 radical (unpaired) electrons. The molecule has 0 aromatic heterocycles. The van der Waals surface area contributed by atoms with Crippen LogP contribution in [0.1, 0.15) is 27.7 Å². The number of rotatable bonds is 5. The van der Waals surface area contributed by atoms with Crippen molar-refractivity contribution in [3.05, 3.63) is 0 Å². The van der Waals surface area contributed by atoms with Gasteiger partial charge in [0.05, 0.1) is 12.6 Å². The summed E-state index contributed by atoms with van der Waals surface area (Å²) >= 11 is 0. The van der Waals surface area contributed by atoms with Crippen LogP contribution in [-0.4, -0.2) is 30.6 Å². The Morgan fingerprint density at radius 2 is 1.87 bits per heavy atom. The van der Waals surface area contributed by atoms with Gasteiger partial charge in [-0.3, -0.25) is 4.79 Å². The molecule has 15 heavy (non-hydrogen) atoms. The minimum absolute atomic E-state index is 0.0215. The minimum atomic E-state index is -0.624. The third-order valence-corrected chi connectivity index (χ3v) is 1.92. The molecule has 1 amide bonds. The lowest BCUT2D eigenvalue weighted by atomic mass is 10.0. The molecule has 2 atom stereocenters. The van der Waals surface area contributed by atoms with Gasteiger partial charge in [-0.15, -0.1) is 0 Å². The molecule has 0 saturated carbocycles. The molecule has 0 unspecified atom stereocenters. The highest BCUT2D eigenvalue weighted by atomic mass is 16.5. The second kappa shape index (κ2) is 6.40. The van der Waals surface area contributed by atoms with E-state index in [-0.39, 0.29) is 11.8 Å². The predicted molar refractivity (Wildman–Crippen MR) is 57.1 cm³/mol. The first kappa shape index (κ1) is 13.9. The zero-order valence-corrected chi connectivity index (χ0v) is 9.74. The second-order valence-electron chi connectivity index (χ2n) is 3.77. The van der Waals surface area contributed by atoms with E-state index >= 15 is 0 Å². The SMILES string of the molecule is CCOC(=O)[C@@H](NC(=O)[C@H](C)N)C(C)C. The zero-order valence-electron chi connectivity index (χ0n) is 9.74. The average Bonchev–Trinajstić information content (AvgIpc) is 2.13. The molecular weight excluding hydrogens is 196 g/mol. The summed E-state index contributed by atoms with van der Waals surface area (Å²) in [4.78, 5) is 22.8. The van der Waals surface area contributed by atoms with Crippen molar-refractivity contribution in [3.63, 3.8) is 0 Å². The van der Waals surface area contributed by atoms with Gasteiger partial charge in [0.15, 0.2) is 0 Å². The van der Waals surface area contributed by atoms with Gasteiger partial charge in [0.2, 0.25) is 5.91 Å². The van der Waals surface area contributed by atoms with Crippen molar-refractivity contribution in [2.75, 3.05) is 6.61 Å². The third kappa shape index (κ3) is 4.78. The van der Waals surface area contributed by atoms with Crippen LogP contribution in [0.15, 0.2) is 0 Å². The lowest BCUT2D eigenvalue weighted by Crippen LogP contribution is -2.50. The summed E-state index contributed by atoms with van der Waals surface area (Å²) in [6.07, 6.45) is 0. The van der Waals surface area contributed by atoms with Gasteiger partial charge in [-0.25, -0.2) is 4.79 Å². The van der Waals surface area contributed by atoms with Gasteiger partial charge in [0, 0.05) is 0 Å². The molecule has 0 aliphatic rings. The standard InChI is InChI=1S/C10H20N2O3/c1-5-15-10(14)8(6(2)3)12-9(13)7(4)11/h6-8H,5,11H2,1-4H3,(H,12,13)/t7-,8-/m0/s1. The van der Waals surface area contributed by atoms with Gasteiger partial charge >= 0.3 is 5.97 Å². The fraction of sp³-hybridized carbons (Fsp3) is 0.800. The van der Waals surface area contributed by atoms with E-state index in [1.54, 1.807) is 13.8 Å². The molecule has 0 spiro atoms. The van der Waals surface area contributed by atoms with E-state index in [9.17, 15) is 9.59 Å². The Hall–Kier alpha value is -1.10. The van der Waals surface area contributed by atoms with Crippen molar-refractivity contribution in [1.82, 2.24) is 5.32 Å². The smallest absolute Gasteiger partial charge is 0.328 e. The molecule has 0 aliphatic heterocycles. The maximum atomic E-state index is 11.5. The van der Waals surface area contributed by atoms with Crippen molar-refractivity contribution < 1.29 is 14.3 Å². The first-order valence-electron chi connectivity index (χ1n) is 5.12. The first-order valence-corrected chi connectivity index (χ1v) is 5.12. The van der Waals surface area contributed by atoms with Crippen LogP contribution < -0.4 is 11.1 Å². The summed E-state index contributed by atoms with van der Waals surface area (Å²) < 4.78 is 4.85. The van der Waals surface area contributed by atoms with Crippen LogP contribution in [0.2, 0.25) is 0 Å². The summed E-state index contributed by atoms with van der Waals surface area (Å²) in [6, 6.07) is -1.25. The topological polar surface area (TPSA) is 81.4 Å². The maximum Gasteiger partial charge on any atom is 0.328 e. The monoisotopic (exact) mass is 216 g/mol. The van der Waals surface area contributed by atoms with Crippen LogP contribution in [0.4, 0.5) is 0 Å². The van der Waals surface area contributed by atoms with Gasteiger partial charge in [-0.1, -0.05) is 13.8 Å². The molecule has 5 nitrogen and oxygen atoms in total. The van der Waals surface area contributed by atoms with E-state index in [0.717, 1.165) is 0 Å².